The summed E-state index contributed by atoms with van der Waals surface area (Å²) in [4.78, 5) is 0. The normalized spacial score (nSPS) is 11.0. The number of methoxy groups -OCH3 is 1. The van der Waals surface area contributed by atoms with Gasteiger partial charge in [0, 0.05) is 5.02 Å². The second-order valence-electron chi connectivity index (χ2n) is 4.95. The lowest BCUT2D eigenvalue weighted by Crippen LogP contribution is -2.06. The Morgan fingerprint density at radius 1 is 1.09 bits per heavy atom. The topological polar surface area (TPSA) is 42.8 Å². The van der Waals surface area contributed by atoms with Crippen molar-refractivity contribution in [3.63, 3.8) is 0 Å². The molecule has 1 N–H and O–H groups in total. The molecule has 0 saturated heterocycles. The number of halogens is 1. The lowest BCUT2D eigenvalue weighted by molar-refractivity contribution is 0.230. The molecule has 0 atom stereocenters. The number of anilines is 1. The molecule has 5 heteroatoms. The molecule has 0 bridgehead atoms. The van der Waals surface area contributed by atoms with Gasteiger partial charge in [0.15, 0.2) is 11.5 Å². The third-order valence-electron chi connectivity index (χ3n) is 2.80. The highest BCUT2D eigenvalue weighted by Gasteiger charge is 2.06. The van der Waals surface area contributed by atoms with Gasteiger partial charge < -0.3 is 9.47 Å². The number of nitrogens with zero attached hydrogens (tertiary/aromatic N) is 1. The monoisotopic (exact) mass is 318 g/mol. The first-order chi connectivity index (χ1) is 10.6. The Bertz CT molecular complexity index is 640. The van der Waals surface area contributed by atoms with E-state index in [2.05, 4.69) is 10.5 Å². The number of nitrogens with one attached hydrogen (secondary N) is 1. The Morgan fingerprint density at radius 3 is 2.45 bits per heavy atom. The molecule has 0 radical (unpaired) electrons. The first-order valence-electron chi connectivity index (χ1n) is 6.98. The zero-order valence-electron chi connectivity index (χ0n) is 12.8. The number of hydrazone groups is 1. The van der Waals surface area contributed by atoms with Crippen molar-refractivity contribution in [3.05, 3.63) is 53.1 Å². The summed E-state index contributed by atoms with van der Waals surface area (Å²) in [5, 5.41) is 4.89. The van der Waals surface area contributed by atoms with Gasteiger partial charge >= 0.3 is 0 Å². The minimum absolute atomic E-state index is 0.0972. The predicted octanol–water partition coefficient (Wildman–Crippen LogP) is 4.58. The summed E-state index contributed by atoms with van der Waals surface area (Å²) in [6, 6.07) is 13.0. The highest BCUT2D eigenvalue weighted by molar-refractivity contribution is 6.30. The molecule has 0 saturated carbocycles. The van der Waals surface area contributed by atoms with Crippen LogP contribution in [0.1, 0.15) is 19.4 Å². The highest BCUT2D eigenvalue weighted by atomic mass is 35.5. The van der Waals surface area contributed by atoms with Crippen LogP contribution in [0.3, 0.4) is 0 Å². The smallest absolute Gasteiger partial charge is 0.161 e. The van der Waals surface area contributed by atoms with Crippen LogP contribution in [0.5, 0.6) is 11.5 Å². The molecular formula is C17H19ClN2O2. The fraction of sp³-hybridized carbons (Fsp3) is 0.235. The lowest BCUT2D eigenvalue weighted by atomic mass is 10.2. The molecule has 0 heterocycles. The van der Waals surface area contributed by atoms with Crippen LogP contribution < -0.4 is 14.9 Å². The zero-order valence-corrected chi connectivity index (χ0v) is 13.6. The van der Waals surface area contributed by atoms with Gasteiger partial charge in [0.25, 0.3) is 0 Å². The summed E-state index contributed by atoms with van der Waals surface area (Å²) < 4.78 is 11.0. The van der Waals surface area contributed by atoms with Crippen LogP contribution in [0, 0.1) is 0 Å². The van der Waals surface area contributed by atoms with E-state index in [1.807, 2.05) is 44.2 Å². The third kappa shape index (κ3) is 4.67. The maximum absolute atomic E-state index is 5.83. The van der Waals surface area contributed by atoms with E-state index in [0.29, 0.717) is 10.8 Å². The van der Waals surface area contributed by atoms with Crippen molar-refractivity contribution in [1.82, 2.24) is 0 Å². The second-order valence-corrected chi connectivity index (χ2v) is 5.39. The van der Waals surface area contributed by atoms with E-state index < -0.39 is 0 Å². The molecular weight excluding hydrogens is 300 g/mol. The number of hydrogen-bond donors (Lipinski definition) is 1. The van der Waals surface area contributed by atoms with Crippen LogP contribution in [0.15, 0.2) is 47.6 Å². The molecule has 0 aromatic heterocycles. The first kappa shape index (κ1) is 16.2. The minimum Gasteiger partial charge on any atom is -0.493 e. The summed E-state index contributed by atoms with van der Waals surface area (Å²) in [6.07, 6.45) is 1.82. The standard InChI is InChI=1S/C17H19ClN2O2/c1-12(2)22-16-9-4-13(10-17(16)21-3)11-19-20-15-7-5-14(18)6-8-15/h4-12,20H,1-3H3/b19-11-. The average molecular weight is 319 g/mol. The van der Waals surface area contributed by atoms with Gasteiger partial charge in [-0.2, -0.15) is 5.10 Å². The van der Waals surface area contributed by atoms with E-state index in [-0.39, 0.29) is 6.10 Å². The van der Waals surface area contributed by atoms with Crippen molar-refractivity contribution in [2.75, 3.05) is 12.5 Å². The summed E-state index contributed by atoms with van der Waals surface area (Å²) >= 11 is 5.83. The van der Waals surface area contributed by atoms with Crippen LogP contribution >= 0.6 is 11.6 Å². The van der Waals surface area contributed by atoms with Crippen LogP contribution in [-0.2, 0) is 0 Å². The molecule has 0 aliphatic carbocycles. The largest absolute Gasteiger partial charge is 0.493 e. The first-order valence-corrected chi connectivity index (χ1v) is 7.35. The Labute approximate surface area is 135 Å². The molecule has 0 aliphatic rings. The van der Waals surface area contributed by atoms with E-state index in [1.54, 1.807) is 25.5 Å². The fourth-order valence-electron chi connectivity index (χ4n) is 1.82. The fourth-order valence-corrected chi connectivity index (χ4v) is 1.95. The van der Waals surface area contributed by atoms with E-state index >= 15 is 0 Å². The van der Waals surface area contributed by atoms with E-state index in [0.717, 1.165) is 17.0 Å². The van der Waals surface area contributed by atoms with Crippen molar-refractivity contribution in [2.24, 2.45) is 5.10 Å². The number of rotatable bonds is 6. The summed E-state index contributed by atoms with van der Waals surface area (Å²) in [7, 11) is 1.62. The molecule has 116 valence electrons. The lowest BCUT2D eigenvalue weighted by Gasteiger charge is -2.13. The highest BCUT2D eigenvalue weighted by Crippen LogP contribution is 2.28. The summed E-state index contributed by atoms with van der Waals surface area (Å²) in [5.41, 5.74) is 4.72. The van der Waals surface area contributed by atoms with Crippen molar-refractivity contribution in [2.45, 2.75) is 20.0 Å². The van der Waals surface area contributed by atoms with Gasteiger partial charge in [-0.3, -0.25) is 5.43 Å². The van der Waals surface area contributed by atoms with Gasteiger partial charge in [-0.1, -0.05) is 11.6 Å². The minimum atomic E-state index is 0.0972. The van der Waals surface area contributed by atoms with Crippen LogP contribution in [-0.4, -0.2) is 19.4 Å². The summed E-state index contributed by atoms with van der Waals surface area (Å²) in [5.74, 6) is 1.41. The van der Waals surface area contributed by atoms with Crippen molar-refractivity contribution in [3.8, 4) is 11.5 Å². The van der Waals surface area contributed by atoms with Crippen LogP contribution in [0.25, 0.3) is 0 Å². The van der Waals surface area contributed by atoms with Gasteiger partial charge in [0.1, 0.15) is 0 Å². The van der Waals surface area contributed by atoms with Gasteiger partial charge in [0.05, 0.1) is 25.1 Å². The summed E-state index contributed by atoms with van der Waals surface area (Å²) in [6.45, 7) is 3.95. The second kappa shape index (κ2) is 7.71. The van der Waals surface area contributed by atoms with Crippen molar-refractivity contribution in [1.29, 1.82) is 0 Å². The van der Waals surface area contributed by atoms with E-state index in [4.69, 9.17) is 21.1 Å². The van der Waals surface area contributed by atoms with Crippen LogP contribution in [0.2, 0.25) is 5.02 Å². The molecule has 2 rings (SSSR count). The van der Waals surface area contributed by atoms with Crippen molar-refractivity contribution < 1.29 is 9.47 Å². The zero-order chi connectivity index (χ0) is 15.9. The molecule has 0 spiro atoms. The maximum atomic E-state index is 5.83. The molecule has 2 aromatic rings. The Balaban J connectivity index is 2.05. The molecule has 0 unspecified atom stereocenters. The molecule has 0 aliphatic heterocycles. The van der Waals surface area contributed by atoms with Gasteiger partial charge in [0.2, 0.25) is 0 Å². The van der Waals surface area contributed by atoms with Crippen LogP contribution in [0.4, 0.5) is 5.69 Å². The molecule has 0 amide bonds. The Morgan fingerprint density at radius 2 is 1.82 bits per heavy atom. The van der Waals surface area contributed by atoms with Gasteiger partial charge in [-0.25, -0.2) is 0 Å². The Hall–Kier alpha value is -2.20. The number of benzene rings is 2. The molecule has 22 heavy (non-hydrogen) atoms. The van der Waals surface area contributed by atoms with E-state index in [9.17, 15) is 0 Å². The maximum Gasteiger partial charge on any atom is 0.161 e. The number of ether oxygens (including phenoxy) is 2. The van der Waals surface area contributed by atoms with E-state index in [1.165, 1.54) is 0 Å². The average Bonchev–Trinajstić information content (AvgIpc) is 2.50. The SMILES string of the molecule is COc1cc(/C=N\Nc2ccc(Cl)cc2)ccc1OC(C)C. The predicted molar refractivity (Wildman–Crippen MR) is 91.4 cm³/mol. The Kier molecular flexibility index (Phi) is 5.67. The third-order valence-corrected chi connectivity index (χ3v) is 3.05. The van der Waals surface area contributed by atoms with Crippen molar-refractivity contribution >= 4 is 23.5 Å². The molecule has 2 aromatic carbocycles. The molecule has 4 nitrogen and oxygen atoms in total. The quantitative estimate of drug-likeness (QED) is 0.626. The molecule has 0 fully saturated rings. The van der Waals surface area contributed by atoms with Gasteiger partial charge in [-0.15, -0.1) is 0 Å². The number of hydrogen-bond acceptors (Lipinski definition) is 4. The van der Waals surface area contributed by atoms with Gasteiger partial charge in [-0.05, 0) is 61.9 Å².